The van der Waals surface area contributed by atoms with E-state index in [-0.39, 0.29) is 29.8 Å². The van der Waals surface area contributed by atoms with Crippen LogP contribution in [0.2, 0.25) is 0 Å². The summed E-state index contributed by atoms with van der Waals surface area (Å²) < 4.78 is 32.8. The molecule has 2 heterocycles. The Morgan fingerprint density at radius 3 is 2.59 bits per heavy atom. The predicted molar refractivity (Wildman–Crippen MR) is 128 cm³/mol. The van der Waals surface area contributed by atoms with Crippen LogP contribution in [-0.2, 0) is 32.6 Å². The van der Waals surface area contributed by atoms with Gasteiger partial charge in [0.25, 0.3) is 10.0 Å². The summed E-state index contributed by atoms with van der Waals surface area (Å²) in [6.45, 7) is 0.569. The number of anilines is 1. The fraction of sp³-hybridized carbons (Fsp3) is 0.200. The number of nitrogens with one attached hydrogen (secondary N) is 1. The lowest BCUT2D eigenvalue weighted by atomic mass is 10.2. The SMILES string of the molecule is CN(CC(=O)NCc1ccco1)C(=O)C=Cc1ccc(S(=O)(=O)N2CCc3ccccc32)cc1. The lowest BCUT2D eigenvalue weighted by Gasteiger charge is -2.19. The Morgan fingerprint density at radius 2 is 1.85 bits per heavy atom. The van der Waals surface area contributed by atoms with Crippen LogP contribution in [0.3, 0.4) is 0 Å². The fourth-order valence-corrected chi connectivity index (χ4v) is 5.18. The highest BCUT2D eigenvalue weighted by atomic mass is 32.2. The molecule has 0 saturated carbocycles. The summed E-state index contributed by atoms with van der Waals surface area (Å²) in [4.78, 5) is 25.8. The molecule has 1 aliphatic heterocycles. The first-order valence-electron chi connectivity index (χ1n) is 10.8. The van der Waals surface area contributed by atoms with Crippen LogP contribution in [0.1, 0.15) is 16.9 Å². The third kappa shape index (κ3) is 5.20. The molecular weight excluding hydrogens is 454 g/mol. The number of benzene rings is 2. The van der Waals surface area contributed by atoms with Crippen LogP contribution in [0.5, 0.6) is 0 Å². The van der Waals surface area contributed by atoms with Gasteiger partial charge in [0.2, 0.25) is 11.8 Å². The van der Waals surface area contributed by atoms with Crippen molar-refractivity contribution in [1.29, 1.82) is 0 Å². The molecule has 0 radical (unpaired) electrons. The van der Waals surface area contributed by atoms with Gasteiger partial charge in [0.05, 0.1) is 29.9 Å². The van der Waals surface area contributed by atoms with Gasteiger partial charge in [0, 0.05) is 19.7 Å². The molecule has 1 aromatic heterocycles. The van der Waals surface area contributed by atoms with E-state index in [1.54, 1.807) is 30.3 Å². The minimum absolute atomic E-state index is 0.0988. The zero-order valence-corrected chi connectivity index (χ0v) is 19.5. The highest BCUT2D eigenvalue weighted by molar-refractivity contribution is 7.92. The van der Waals surface area contributed by atoms with Crippen molar-refractivity contribution in [1.82, 2.24) is 10.2 Å². The van der Waals surface area contributed by atoms with E-state index >= 15 is 0 Å². The monoisotopic (exact) mass is 479 g/mol. The van der Waals surface area contributed by atoms with Crippen molar-refractivity contribution in [3.63, 3.8) is 0 Å². The van der Waals surface area contributed by atoms with Crippen LogP contribution >= 0.6 is 0 Å². The summed E-state index contributed by atoms with van der Waals surface area (Å²) in [7, 11) is -2.14. The Labute approximate surface area is 198 Å². The van der Waals surface area contributed by atoms with Crippen LogP contribution in [0, 0.1) is 0 Å². The number of likely N-dealkylation sites (N-methyl/N-ethyl adjacent to an activating group) is 1. The summed E-state index contributed by atoms with van der Waals surface area (Å²) in [5.41, 5.74) is 2.40. The number of nitrogens with zero attached hydrogens (tertiary/aromatic N) is 2. The van der Waals surface area contributed by atoms with E-state index in [2.05, 4.69) is 5.32 Å². The molecule has 176 valence electrons. The maximum atomic E-state index is 13.1. The number of rotatable bonds is 8. The third-order valence-electron chi connectivity index (χ3n) is 5.53. The van der Waals surface area contributed by atoms with E-state index in [0.29, 0.717) is 30.0 Å². The van der Waals surface area contributed by atoms with Crippen LogP contribution in [-0.4, -0.2) is 45.3 Å². The standard InChI is InChI=1S/C25H25N3O5S/c1-27(18-24(29)26-17-21-6-4-16-33-21)25(30)13-10-19-8-11-22(12-9-19)34(31,32)28-15-14-20-5-2-3-7-23(20)28/h2-13,16H,14-15,17-18H2,1H3,(H,26,29). The highest BCUT2D eigenvalue weighted by Crippen LogP contribution is 2.32. The predicted octanol–water partition coefficient (Wildman–Crippen LogP) is 2.82. The second-order valence-corrected chi connectivity index (χ2v) is 9.77. The number of hydrogen-bond acceptors (Lipinski definition) is 5. The average molecular weight is 480 g/mol. The molecule has 4 rings (SSSR count). The number of para-hydroxylation sites is 1. The molecule has 9 heteroatoms. The molecule has 0 atom stereocenters. The normalized spacial score (nSPS) is 13.1. The quantitative estimate of drug-likeness (QED) is 0.501. The molecule has 3 aromatic rings. The maximum Gasteiger partial charge on any atom is 0.264 e. The molecule has 2 amide bonds. The minimum Gasteiger partial charge on any atom is -0.467 e. The van der Waals surface area contributed by atoms with Gasteiger partial charge in [0.15, 0.2) is 0 Å². The Kier molecular flexibility index (Phi) is 6.83. The molecule has 0 fully saturated rings. The third-order valence-corrected chi connectivity index (χ3v) is 7.36. The van der Waals surface area contributed by atoms with Crippen LogP contribution in [0.4, 0.5) is 5.69 Å². The van der Waals surface area contributed by atoms with Gasteiger partial charge in [-0.25, -0.2) is 8.42 Å². The van der Waals surface area contributed by atoms with Crippen LogP contribution in [0.25, 0.3) is 6.08 Å². The van der Waals surface area contributed by atoms with Crippen LogP contribution in [0.15, 0.2) is 82.3 Å². The fourth-order valence-electron chi connectivity index (χ4n) is 3.68. The zero-order chi connectivity index (χ0) is 24.1. The Bertz CT molecular complexity index is 1300. The molecule has 0 saturated heterocycles. The number of hydrogen-bond donors (Lipinski definition) is 1. The number of fused-ring (bicyclic) bond motifs is 1. The molecule has 0 unspecified atom stereocenters. The van der Waals surface area contributed by atoms with Crippen molar-refractivity contribution >= 4 is 33.6 Å². The summed E-state index contributed by atoms with van der Waals surface area (Å²) in [6, 6.07) is 17.3. The van der Waals surface area contributed by atoms with Crippen molar-refractivity contribution in [2.45, 2.75) is 17.9 Å². The Morgan fingerprint density at radius 1 is 1.09 bits per heavy atom. The van der Waals surface area contributed by atoms with Gasteiger partial charge in [0.1, 0.15) is 5.76 Å². The molecule has 8 nitrogen and oxygen atoms in total. The van der Waals surface area contributed by atoms with E-state index in [1.807, 2.05) is 24.3 Å². The summed E-state index contributed by atoms with van der Waals surface area (Å²) in [6.07, 6.45) is 5.14. The smallest absolute Gasteiger partial charge is 0.264 e. The van der Waals surface area contributed by atoms with E-state index in [1.165, 1.54) is 40.7 Å². The molecule has 34 heavy (non-hydrogen) atoms. The van der Waals surface area contributed by atoms with E-state index in [9.17, 15) is 18.0 Å². The number of carbonyl (C=O) groups excluding carboxylic acids is 2. The van der Waals surface area contributed by atoms with Crippen molar-refractivity contribution < 1.29 is 22.4 Å². The number of sulfonamides is 1. The van der Waals surface area contributed by atoms with E-state index < -0.39 is 10.0 Å². The second kappa shape index (κ2) is 9.96. The summed E-state index contributed by atoms with van der Waals surface area (Å²) >= 11 is 0. The zero-order valence-electron chi connectivity index (χ0n) is 18.7. The minimum atomic E-state index is -3.67. The lowest BCUT2D eigenvalue weighted by Crippen LogP contribution is -2.37. The molecule has 1 N–H and O–H groups in total. The van der Waals surface area contributed by atoms with Gasteiger partial charge in [-0.15, -0.1) is 0 Å². The first kappa shape index (κ1) is 23.3. The number of carbonyl (C=O) groups is 2. The maximum absolute atomic E-state index is 13.1. The number of amides is 2. The van der Waals surface area contributed by atoms with Crippen molar-refractivity contribution in [2.24, 2.45) is 0 Å². The Balaban J connectivity index is 1.34. The molecule has 0 spiro atoms. The van der Waals surface area contributed by atoms with Gasteiger partial charge in [-0.1, -0.05) is 30.3 Å². The number of furan rings is 1. The van der Waals surface area contributed by atoms with E-state index in [4.69, 9.17) is 4.42 Å². The Hall–Kier alpha value is -3.85. The molecule has 0 aliphatic carbocycles. The second-order valence-electron chi connectivity index (χ2n) is 7.91. The van der Waals surface area contributed by atoms with Crippen molar-refractivity contribution in [3.05, 3.63) is 89.9 Å². The topological polar surface area (TPSA) is 99.9 Å². The van der Waals surface area contributed by atoms with Gasteiger partial charge in [-0.05, 0) is 54.0 Å². The van der Waals surface area contributed by atoms with Gasteiger partial charge in [-0.3, -0.25) is 13.9 Å². The molecule has 0 bridgehead atoms. The molecule has 2 aromatic carbocycles. The van der Waals surface area contributed by atoms with Crippen molar-refractivity contribution in [2.75, 3.05) is 24.4 Å². The lowest BCUT2D eigenvalue weighted by molar-refractivity contribution is -0.131. The average Bonchev–Trinajstić information content (AvgIpc) is 3.51. The molecule has 1 aliphatic rings. The highest BCUT2D eigenvalue weighted by Gasteiger charge is 2.30. The summed E-state index contributed by atoms with van der Waals surface area (Å²) in [5, 5.41) is 2.68. The first-order valence-corrected chi connectivity index (χ1v) is 12.2. The largest absolute Gasteiger partial charge is 0.467 e. The van der Waals surface area contributed by atoms with Gasteiger partial charge >= 0.3 is 0 Å². The van der Waals surface area contributed by atoms with Crippen molar-refractivity contribution in [3.8, 4) is 0 Å². The van der Waals surface area contributed by atoms with Gasteiger partial charge < -0.3 is 14.6 Å². The van der Waals surface area contributed by atoms with Crippen LogP contribution < -0.4 is 9.62 Å². The first-order chi connectivity index (χ1) is 16.3. The van der Waals surface area contributed by atoms with E-state index in [0.717, 1.165) is 5.56 Å². The molecular formula is C25H25N3O5S. The summed E-state index contributed by atoms with van der Waals surface area (Å²) in [5.74, 6) is -0.0288. The van der Waals surface area contributed by atoms with Gasteiger partial charge in [-0.2, -0.15) is 0 Å².